The van der Waals surface area contributed by atoms with Crippen molar-refractivity contribution in [2.45, 2.75) is 25.3 Å². The maximum Gasteiger partial charge on any atom is 0.308 e. The molecule has 1 amide bonds. The molecule has 0 radical (unpaired) electrons. The van der Waals surface area contributed by atoms with Crippen molar-refractivity contribution in [1.29, 1.82) is 0 Å². The van der Waals surface area contributed by atoms with Crippen molar-refractivity contribution in [2.24, 2.45) is 5.92 Å². The second-order valence-electron chi connectivity index (χ2n) is 4.10. The van der Waals surface area contributed by atoms with Crippen LogP contribution in [0.15, 0.2) is 0 Å². The topological polar surface area (TPSA) is 75.6 Å². The number of hydrogen-bond donors (Lipinski definition) is 2. The van der Waals surface area contributed by atoms with Gasteiger partial charge in [0.1, 0.15) is 0 Å². The number of rotatable bonds is 7. The third-order valence-electron chi connectivity index (χ3n) is 2.84. The van der Waals surface area contributed by atoms with E-state index >= 15 is 0 Å². The Morgan fingerprint density at radius 1 is 1.47 bits per heavy atom. The molecule has 5 nitrogen and oxygen atoms in total. The highest BCUT2D eigenvalue weighted by Crippen LogP contribution is 2.25. The number of carboxylic acids is 1. The Balaban J connectivity index is 2.23. The number of methoxy groups -OCH3 is 1. The van der Waals surface area contributed by atoms with Gasteiger partial charge in [0.25, 0.3) is 0 Å². The molecule has 1 aliphatic rings. The summed E-state index contributed by atoms with van der Waals surface area (Å²) in [7, 11) is 1.62. The molecule has 1 rings (SSSR count). The Kier molecular flexibility index (Phi) is 6.36. The molecule has 2 unspecified atom stereocenters. The van der Waals surface area contributed by atoms with E-state index in [9.17, 15) is 9.59 Å². The SMILES string of the molecule is COCCSCC(=O)NC1CCCC1C(=O)O. The maximum atomic E-state index is 11.6. The van der Waals surface area contributed by atoms with Crippen molar-refractivity contribution in [1.82, 2.24) is 5.32 Å². The minimum atomic E-state index is -0.806. The third kappa shape index (κ3) is 4.95. The van der Waals surface area contributed by atoms with Gasteiger partial charge in [-0.25, -0.2) is 0 Å². The van der Waals surface area contributed by atoms with Crippen LogP contribution < -0.4 is 5.32 Å². The Morgan fingerprint density at radius 2 is 2.24 bits per heavy atom. The first kappa shape index (κ1) is 14.3. The molecule has 1 aliphatic carbocycles. The minimum absolute atomic E-state index is 0.0794. The van der Waals surface area contributed by atoms with Gasteiger partial charge in [-0.15, -0.1) is 11.8 Å². The Morgan fingerprint density at radius 3 is 2.88 bits per heavy atom. The quantitative estimate of drug-likeness (QED) is 0.661. The van der Waals surface area contributed by atoms with Gasteiger partial charge in [0.05, 0.1) is 18.3 Å². The van der Waals surface area contributed by atoms with Gasteiger partial charge >= 0.3 is 5.97 Å². The monoisotopic (exact) mass is 261 g/mol. The Bertz CT molecular complexity index is 272. The number of carbonyl (C=O) groups excluding carboxylic acids is 1. The molecule has 0 aliphatic heterocycles. The average Bonchev–Trinajstić information content (AvgIpc) is 2.72. The van der Waals surface area contributed by atoms with E-state index in [0.29, 0.717) is 18.8 Å². The van der Waals surface area contributed by atoms with Crippen molar-refractivity contribution >= 4 is 23.6 Å². The van der Waals surface area contributed by atoms with Crippen molar-refractivity contribution in [3.63, 3.8) is 0 Å². The molecule has 0 spiro atoms. The molecule has 98 valence electrons. The molecule has 0 saturated heterocycles. The van der Waals surface area contributed by atoms with E-state index in [4.69, 9.17) is 9.84 Å². The summed E-state index contributed by atoms with van der Waals surface area (Å²) in [6.07, 6.45) is 2.31. The molecule has 2 N–H and O–H groups in total. The van der Waals surface area contributed by atoms with Crippen molar-refractivity contribution in [2.75, 3.05) is 25.2 Å². The van der Waals surface area contributed by atoms with Gasteiger partial charge in [-0.05, 0) is 12.8 Å². The summed E-state index contributed by atoms with van der Waals surface area (Å²) in [5.41, 5.74) is 0. The summed E-state index contributed by atoms with van der Waals surface area (Å²) in [5.74, 6) is -0.157. The number of thioether (sulfide) groups is 1. The third-order valence-corrected chi connectivity index (χ3v) is 3.77. The van der Waals surface area contributed by atoms with Crippen LogP contribution in [0.2, 0.25) is 0 Å². The van der Waals surface area contributed by atoms with Gasteiger partial charge < -0.3 is 15.2 Å². The lowest BCUT2D eigenvalue weighted by atomic mass is 10.0. The number of nitrogens with one attached hydrogen (secondary N) is 1. The number of ether oxygens (including phenoxy) is 1. The number of amides is 1. The molecular formula is C11H19NO4S. The fourth-order valence-corrected chi connectivity index (χ4v) is 2.68. The lowest BCUT2D eigenvalue weighted by Crippen LogP contribution is -2.41. The van der Waals surface area contributed by atoms with E-state index in [2.05, 4.69) is 5.32 Å². The van der Waals surface area contributed by atoms with Gasteiger partial charge in [-0.1, -0.05) is 6.42 Å². The van der Waals surface area contributed by atoms with Crippen LogP contribution in [-0.2, 0) is 14.3 Å². The highest BCUT2D eigenvalue weighted by atomic mass is 32.2. The van der Waals surface area contributed by atoms with Crippen LogP contribution in [0.3, 0.4) is 0 Å². The van der Waals surface area contributed by atoms with Crippen LogP contribution in [-0.4, -0.2) is 48.2 Å². The van der Waals surface area contributed by atoms with E-state index in [1.807, 2.05) is 0 Å². The largest absolute Gasteiger partial charge is 0.481 e. The summed E-state index contributed by atoms with van der Waals surface area (Å²) in [4.78, 5) is 22.5. The lowest BCUT2D eigenvalue weighted by molar-refractivity contribution is -0.142. The number of aliphatic carboxylic acids is 1. The van der Waals surface area contributed by atoms with Crippen LogP contribution in [0.25, 0.3) is 0 Å². The molecule has 0 heterocycles. The first-order chi connectivity index (χ1) is 8.15. The van der Waals surface area contributed by atoms with Gasteiger partial charge in [-0.2, -0.15) is 0 Å². The Labute approximate surface area is 105 Å². The van der Waals surface area contributed by atoms with E-state index in [0.717, 1.165) is 18.6 Å². The molecule has 1 saturated carbocycles. The van der Waals surface area contributed by atoms with Gasteiger partial charge in [0.15, 0.2) is 0 Å². The molecule has 6 heteroatoms. The molecule has 17 heavy (non-hydrogen) atoms. The first-order valence-corrected chi connectivity index (χ1v) is 6.89. The van der Waals surface area contributed by atoms with Crippen LogP contribution in [0.4, 0.5) is 0 Å². The number of carbonyl (C=O) groups is 2. The first-order valence-electron chi connectivity index (χ1n) is 5.74. The summed E-state index contributed by atoms with van der Waals surface area (Å²) in [6, 6.07) is -0.192. The second-order valence-corrected chi connectivity index (χ2v) is 5.20. The molecule has 1 fully saturated rings. The van der Waals surface area contributed by atoms with Crippen molar-refractivity contribution in [3.8, 4) is 0 Å². The van der Waals surface area contributed by atoms with Crippen LogP contribution in [0.5, 0.6) is 0 Å². The highest BCUT2D eigenvalue weighted by molar-refractivity contribution is 7.99. The predicted octanol–water partition coefficient (Wildman–Crippen LogP) is 0.735. The van der Waals surface area contributed by atoms with E-state index in [-0.39, 0.29) is 11.9 Å². The molecule has 0 aromatic heterocycles. The van der Waals surface area contributed by atoms with E-state index < -0.39 is 11.9 Å². The van der Waals surface area contributed by atoms with Crippen LogP contribution in [0, 0.1) is 5.92 Å². The fraction of sp³-hybridized carbons (Fsp3) is 0.818. The van der Waals surface area contributed by atoms with Gasteiger partial charge in [0, 0.05) is 18.9 Å². The van der Waals surface area contributed by atoms with E-state index in [1.165, 1.54) is 11.8 Å². The number of carboxylic acid groups (broad SMARTS) is 1. The molecular weight excluding hydrogens is 242 g/mol. The second kappa shape index (κ2) is 7.55. The zero-order valence-electron chi connectivity index (χ0n) is 9.98. The summed E-state index contributed by atoms with van der Waals surface area (Å²) in [5, 5.41) is 11.8. The fourth-order valence-electron chi connectivity index (χ4n) is 1.98. The smallest absolute Gasteiger partial charge is 0.308 e. The summed E-state index contributed by atoms with van der Waals surface area (Å²) >= 11 is 1.49. The molecule has 2 atom stereocenters. The molecule has 0 aromatic carbocycles. The van der Waals surface area contributed by atoms with Crippen molar-refractivity contribution in [3.05, 3.63) is 0 Å². The normalized spacial score (nSPS) is 23.6. The minimum Gasteiger partial charge on any atom is -0.481 e. The van der Waals surface area contributed by atoms with Crippen molar-refractivity contribution < 1.29 is 19.4 Å². The number of hydrogen-bond acceptors (Lipinski definition) is 4. The van der Waals surface area contributed by atoms with Gasteiger partial charge in [-0.3, -0.25) is 9.59 Å². The summed E-state index contributed by atoms with van der Waals surface area (Å²) < 4.78 is 4.88. The molecule has 0 bridgehead atoms. The van der Waals surface area contributed by atoms with Crippen LogP contribution >= 0.6 is 11.8 Å². The Hall–Kier alpha value is -0.750. The summed E-state index contributed by atoms with van der Waals surface area (Å²) in [6.45, 7) is 0.624. The predicted molar refractivity (Wildman–Crippen MR) is 66.1 cm³/mol. The van der Waals surface area contributed by atoms with Crippen LogP contribution in [0.1, 0.15) is 19.3 Å². The van der Waals surface area contributed by atoms with E-state index in [1.54, 1.807) is 7.11 Å². The standard InChI is InChI=1S/C11H19NO4S/c1-16-5-6-17-7-10(13)12-9-4-2-3-8(9)11(14)15/h8-9H,2-7H2,1H3,(H,12,13)(H,14,15). The zero-order valence-corrected chi connectivity index (χ0v) is 10.8. The molecule has 0 aromatic rings. The lowest BCUT2D eigenvalue weighted by Gasteiger charge is -2.17. The maximum absolute atomic E-state index is 11.6. The van der Waals surface area contributed by atoms with Gasteiger partial charge in [0.2, 0.25) is 5.91 Å². The highest BCUT2D eigenvalue weighted by Gasteiger charge is 2.33. The average molecular weight is 261 g/mol. The zero-order chi connectivity index (χ0) is 12.7.